The lowest BCUT2D eigenvalue weighted by Crippen LogP contribution is -2.67. The van der Waals surface area contributed by atoms with E-state index < -0.39 is 0 Å². The van der Waals surface area contributed by atoms with Gasteiger partial charge in [-0.3, -0.25) is 0 Å². The lowest BCUT2D eigenvalue weighted by molar-refractivity contribution is -0.173. The van der Waals surface area contributed by atoms with Crippen LogP contribution in [0.3, 0.4) is 0 Å². The van der Waals surface area contributed by atoms with Gasteiger partial charge in [-0.05, 0) is 31.6 Å². The predicted molar refractivity (Wildman–Crippen MR) is 67.6 cm³/mol. The summed E-state index contributed by atoms with van der Waals surface area (Å²) < 4.78 is 5.86. The van der Waals surface area contributed by atoms with Gasteiger partial charge in [-0.1, -0.05) is 27.2 Å². The van der Waals surface area contributed by atoms with Crippen LogP contribution in [0.1, 0.15) is 53.4 Å². The number of rotatable bonds is 4. The van der Waals surface area contributed by atoms with Crippen LogP contribution in [-0.4, -0.2) is 25.3 Å². The topological polar surface area (TPSA) is 21.3 Å². The smallest absolute Gasteiger partial charge is 0.0661 e. The Morgan fingerprint density at radius 1 is 1.31 bits per heavy atom. The highest BCUT2D eigenvalue weighted by molar-refractivity contribution is 5.12. The van der Waals surface area contributed by atoms with Crippen molar-refractivity contribution < 1.29 is 4.74 Å². The van der Waals surface area contributed by atoms with Crippen LogP contribution in [0.5, 0.6) is 0 Å². The maximum absolute atomic E-state index is 5.86. The van der Waals surface area contributed by atoms with Gasteiger partial charge in [0, 0.05) is 24.6 Å². The molecule has 0 bridgehead atoms. The zero-order valence-electron chi connectivity index (χ0n) is 11.3. The van der Waals surface area contributed by atoms with Gasteiger partial charge < -0.3 is 10.1 Å². The van der Waals surface area contributed by atoms with Crippen molar-refractivity contribution in [3.05, 3.63) is 0 Å². The van der Waals surface area contributed by atoms with Gasteiger partial charge >= 0.3 is 0 Å². The molecule has 2 rings (SSSR count). The minimum Gasteiger partial charge on any atom is -0.378 e. The molecule has 1 N–H and O–H groups in total. The molecule has 0 aromatic heterocycles. The Balaban J connectivity index is 1.84. The van der Waals surface area contributed by atoms with Crippen LogP contribution in [0.15, 0.2) is 0 Å². The largest absolute Gasteiger partial charge is 0.378 e. The Labute approximate surface area is 100 Å². The molecule has 0 radical (unpaired) electrons. The van der Waals surface area contributed by atoms with Crippen LogP contribution in [0.2, 0.25) is 0 Å². The maximum Gasteiger partial charge on any atom is 0.0661 e. The Hall–Kier alpha value is -0.0800. The molecule has 2 saturated carbocycles. The molecule has 2 aliphatic rings. The fraction of sp³-hybridized carbons (Fsp3) is 1.00. The third-order valence-electron chi connectivity index (χ3n) is 4.32. The van der Waals surface area contributed by atoms with Crippen molar-refractivity contribution in [2.75, 3.05) is 13.2 Å². The van der Waals surface area contributed by atoms with Gasteiger partial charge in [0.25, 0.3) is 0 Å². The summed E-state index contributed by atoms with van der Waals surface area (Å²) in [4.78, 5) is 0. The van der Waals surface area contributed by atoms with Crippen LogP contribution in [-0.2, 0) is 4.74 Å². The molecule has 2 nitrogen and oxygen atoms in total. The van der Waals surface area contributed by atoms with E-state index in [1.807, 2.05) is 0 Å². The quantitative estimate of drug-likeness (QED) is 0.794. The average molecular weight is 225 g/mol. The Kier molecular flexibility index (Phi) is 3.33. The fourth-order valence-corrected chi connectivity index (χ4v) is 3.15. The van der Waals surface area contributed by atoms with Crippen LogP contribution < -0.4 is 5.32 Å². The van der Waals surface area contributed by atoms with E-state index in [4.69, 9.17) is 4.74 Å². The molecular formula is C14H27NO. The summed E-state index contributed by atoms with van der Waals surface area (Å²) in [7, 11) is 0. The SMILES string of the molecule is CCOC1CC(NCC(C)(C)C)C12CCC2. The van der Waals surface area contributed by atoms with Gasteiger partial charge in [0.1, 0.15) is 0 Å². The van der Waals surface area contributed by atoms with Crippen molar-refractivity contribution in [2.24, 2.45) is 10.8 Å². The molecule has 2 unspecified atom stereocenters. The van der Waals surface area contributed by atoms with E-state index in [2.05, 4.69) is 33.0 Å². The first-order valence-electron chi connectivity index (χ1n) is 6.83. The molecule has 0 aromatic carbocycles. The molecule has 0 aliphatic heterocycles. The number of ether oxygens (including phenoxy) is 1. The monoisotopic (exact) mass is 225 g/mol. The van der Waals surface area contributed by atoms with Crippen molar-refractivity contribution >= 4 is 0 Å². The van der Waals surface area contributed by atoms with Crippen molar-refractivity contribution in [3.63, 3.8) is 0 Å². The molecule has 0 saturated heterocycles. The normalized spacial score (nSPS) is 32.2. The number of hydrogen-bond acceptors (Lipinski definition) is 2. The first kappa shape index (κ1) is 12.4. The minimum absolute atomic E-state index is 0.391. The van der Waals surface area contributed by atoms with E-state index in [0.717, 1.165) is 19.2 Å². The Morgan fingerprint density at radius 2 is 2.00 bits per heavy atom. The highest BCUT2D eigenvalue weighted by Crippen LogP contribution is 2.57. The predicted octanol–water partition coefficient (Wildman–Crippen LogP) is 2.97. The minimum atomic E-state index is 0.391. The second-order valence-corrected chi connectivity index (χ2v) is 6.76. The van der Waals surface area contributed by atoms with Gasteiger partial charge in [0.05, 0.1) is 6.10 Å². The third kappa shape index (κ3) is 2.14. The van der Waals surface area contributed by atoms with Crippen LogP contribution in [0.25, 0.3) is 0 Å². The van der Waals surface area contributed by atoms with Crippen molar-refractivity contribution in [1.29, 1.82) is 0 Å². The summed E-state index contributed by atoms with van der Waals surface area (Å²) in [5.41, 5.74) is 0.906. The van der Waals surface area contributed by atoms with E-state index in [1.54, 1.807) is 0 Å². The first-order valence-corrected chi connectivity index (χ1v) is 6.83. The summed E-state index contributed by atoms with van der Waals surface area (Å²) in [6.07, 6.45) is 5.92. The van der Waals surface area contributed by atoms with Gasteiger partial charge in [-0.2, -0.15) is 0 Å². The molecule has 1 spiro atoms. The highest BCUT2D eigenvalue weighted by Gasteiger charge is 2.58. The molecule has 0 amide bonds. The molecule has 2 heteroatoms. The maximum atomic E-state index is 5.86. The Morgan fingerprint density at radius 3 is 2.44 bits per heavy atom. The summed E-state index contributed by atoms with van der Waals surface area (Å²) in [5.74, 6) is 0. The van der Waals surface area contributed by atoms with E-state index in [9.17, 15) is 0 Å². The van der Waals surface area contributed by atoms with Crippen molar-refractivity contribution in [2.45, 2.75) is 65.5 Å². The molecule has 2 aliphatic carbocycles. The van der Waals surface area contributed by atoms with E-state index in [-0.39, 0.29) is 0 Å². The molecule has 0 heterocycles. The van der Waals surface area contributed by atoms with Crippen LogP contribution in [0.4, 0.5) is 0 Å². The van der Waals surface area contributed by atoms with Crippen LogP contribution in [0, 0.1) is 10.8 Å². The second-order valence-electron chi connectivity index (χ2n) is 6.76. The number of hydrogen-bond donors (Lipinski definition) is 1. The van der Waals surface area contributed by atoms with Gasteiger partial charge in [0.2, 0.25) is 0 Å². The molecular weight excluding hydrogens is 198 g/mol. The number of nitrogens with one attached hydrogen (secondary N) is 1. The van der Waals surface area contributed by atoms with Crippen molar-refractivity contribution in [3.8, 4) is 0 Å². The summed E-state index contributed by atoms with van der Waals surface area (Å²) in [6, 6.07) is 0.719. The summed E-state index contributed by atoms with van der Waals surface area (Å²) in [5, 5.41) is 3.76. The van der Waals surface area contributed by atoms with Crippen molar-refractivity contribution in [1.82, 2.24) is 5.32 Å². The lowest BCUT2D eigenvalue weighted by atomic mass is 9.51. The third-order valence-corrected chi connectivity index (χ3v) is 4.32. The molecule has 2 fully saturated rings. The van der Waals surface area contributed by atoms with Crippen LogP contribution >= 0.6 is 0 Å². The fourth-order valence-electron chi connectivity index (χ4n) is 3.15. The first-order chi connectivity index (χ1) is 7.48. The Bertz CT molecular complexity index is 240. The van der Waals surface area contributed by atoms with Gasteiger partial charge in [-0.25, -0.2) is 0 Å². The van der Waals surface area contributed by atoms with E-state index in [0.29, 0.717) is 16.9 Å². The van der Waals surface area contributed by atoms with E-state index >= 15 is 0 Å². The highest BCUT2D eigenvalue weighted by atomic mass is 16.5. The second kappa shape index (κ2) is 4.30. The summed E-state index contributed by atoms with van der Waals surface area (Å²) in [6.45, 7) is 11.0. The lowest BCUT2D eigenvalue weighted by Gasteiger charge is -2.61. The van der Waals surface area contributed by atoms with Gasteiger partial charge in [-0.15, -0.1) is 0 Å². The zero-order valence-corrected chi connectivity index (χ0v) is 11.3. The average Bonchev–Trinajstić information content (AvgIpc) is 2.05. The molecule has 94 valence electrons. The standard InChI is InChI=1S/C14H27NO/c1-5-16-12-9-11(14(12)7-6-8-14)15-10-13(2,3)4/h11-12,15H,5-10H2,1-4H3. The molecule has 16 heavy (non-hydrogen) atoms. The molecule has 2 atom stereocenters. The van der Waals surface area contributed by atoms with Gasteiger partial charge in [0.15, 0.2) is 0 Å². The molecule has 0 aromatic rings. The zero-order chi connectivity index (χ0) is 11.8. The summed E-state index contributed by atoms with van der Waals surface area (Å²) >= 11 is 0. The van der Waals surface area contributed by atoms with E-state index in [1.165, 1.54) is 25.7 Å².